The minimum atomic E-state index is -4.54. The lowest BCUT2D eigenvalue weighted by molar-refractivity contribution is -0.137. The molecule has 13 heteroatoms. The van der Waals surface area contributed by atoms with E-state index in [9.17, 15) is 13.2 Å². The van der Waals surface area contributed by atoms with Crippen LogP contribution in [0.5, 0.6) is 0 Å². The van der Waals surface area contributed by atoms with Crippen LogP contribution < -0.4 is 10.6 Å². The molecule has 0 amide bonds. The molecule has 0 spiro atoms. The Morgan fingerprint density at radius 3 is 2.59 bits per heavy atom. The molecule has 1 fully saturated rings. The molecule has 1 saturated heterocycles. The maximum absolute atomic E-state index is 13.2. The third-order valence-electron chi connectivity index (χ3n) is 4.78. The van der Waals surface area contributed by atoms with Gasteiger partial charge in [0.15, 0.2) is 0 Å². The van der Waals surface area contributed by atoms with Crippen LogP contribution in [0.4, 0.5) is 30.8 Å². The van der Waals surface area contributed by atoms with E-state index in [0.717, 1.165) is 24.7 Å². The number of halogens is 3. The van der Waals surface area contributed by atoms with Gasteiger partial charge in [0.1, 0.15) is 46.3 Å². The Kier molecular flexibility index (Phi) is 5.63. The van der Waals surface area contributed by atoms with Gasteiger partial charge in [0.05, 0.1) is 5.69 Å². The molecule has 7 nitrogen and oxygen atoms in total. The number of nitrogens with zero attached hydrogens (tertiary/aromatic N) is 4. The molecule has 1 aliphatic rings. The number of anilines is 3. The highest BCUT2D eigenvalue weighted by Crippen LogP contribution is 2.37. The average molecular weight is 406 g/mol. The third kappa shape index (κ3) is 4.54. The van der Waals surface area contributed by atoms with Crippen molar-refractivity contribution in [1.29, 1.82) is 0 Å². The second-order valence-electron chi connectivity index (χ2n) is 8.29. The zero-order valence-corrected chi connectivity index (χ0v) is 17.3. The number of hydrogen-bond acceptors (Lipinski definition) is 6. The predicted octanol–water partition coefficient (Wildman–Crippen LogP) is 0.360. The molecule has 3 rings (SSSR count). The molecule has 0 saturated carbocycles. The molecule has 2 aromatic heterocycles. The number of hydrogen-bond donors (Lipinski definition) is 2. The van der Waals surface area contributed by atoms with Gasteiger partial charge in [-0.2, -0.15) is 23.3 Å². The molecule has 1 aliphatic heterocycles. The fourth-order valence-electron chi connectivity index (χ4n) is 3.29. The van der Waals surface area contributed by atoms with Crippen LogP contribution in [-0.2, 0) is 21.8 Å². The maximum Gasteiger partial charge on any atom is 0.421 e. The van der Waals surface area contributed by atoms with Crippen LogP contribution in [-0.4, -0.2) is 56.4 Å². The molecular formula is C16H24B3F3N6O. The predicted molar refractivity (Wildman–Crippen MR) is 113 cm³/mol. The first-order chi connectivity index (χ1) is 13.4. The normalized spacial score (nSPS) is 20.0. The van der Waals surface area contributed by atoms with Gasteiger partial charge < -0.3 is 15.4 Å². The monoisotopic (exact) mass is 406 g/mol. The minimum absolute atomic E-state index is 0.0587. The summed E-state index contributed by atoms with van der Waals surface area (Å²) < 4.78 is 47.3. The van der Waals surface area contributed by atoms with E-state index in [-0.39, 0.29) is 17.0 Å². The molecule has 3 heterocycles. The molecule has 2 N–H and O–H groups in total. The van der Waals surface area contributed by atoms with Crippen molar-refractivity contribution in [2.24, 2.45) is 0 Å². The average Bonchev–Trinajstić information content (AvgIpc) is 3.21. The Hall–Kier alpha value is -2.17. The van der Waals surface area contributed by atoms with E-state index < -0.39 is 17.3 Å². The van der Waals surface area contributed by atoms with Crippen LogP contribution in [0.3, 0.4) is 0 Å². The summed E-state index contributed by atoms with van der Waals surface area (Å²) in [5, 5.41) is 10.0. The number of alkyl halides is 3. The number of rotatable bonds is 6. The standard InChI is InChI=1S/C16H24B3F3N6O/c1-3-23-12-9(15(20,21)22)8-24-13(26-12)25-11-7-10(14(2)5-4-6-29-14)27-28(11)16(17,18)19/h7-8H,3-6,17-19H2,1-2H3,(H2,23,24,25,26). The fourth-order valence-corrected chi connectivity index (χ4v) is 3.29. The largest absolute Gasteiger partial charge is 0.421 e. The molecule has 2 aromatic rings. The SMILES string of the molecule is BC(B)(B)n1nc(C2(C)CCCO2)cc1Nc1ncc(C(F)(F)F)c(NCC)n1. The van der Waals surface area contributed by atoms with Crippen LogP contribution in [0, 0.1) is 0 Å². The smallest absolute Gasteiger partial charge is 0.370 e. The molecular weight excluding hydrogens is 382 g/mol. The topological polar surface area (TPSA) is 76.9 Å². The highest BCUT2D eigenvalue weighted by Gasteiger charge is 2.37. The Bertz CT molecular complexity index is 878. The van der Waals surface area contributed by atoms with Gasteiger partial charge in [0, 0.05) is 25.4 Å². The number of ether oxygens (including phenoxy) is 1. The van der Waals surface area contributed by atoms with Crippen molar-refractivity contribution >= 4 is 41.1 Å². The Morgan fingerprint density at radius 2 is 2.03 bits per heavy atom. The van der Waals surface area contributed by atoms with E-state index in [1.165, 1.54) is 0 Å². The van der Waals surface area contributed by atoms with Crippen molar-refractivity contribution < 1.29 is 17.9 Å². The zero-order chi connectivity index (χ0) is 21.4. The van der Waals surface area contributed by atoms with Gasteiger partial charge in [0.25, 0.3) is 0 Å². The molecule has 0 aliphatic carbocycles. The Labute approximate surface area is 170 Å². The molecule has 0 radical (unpaired) electrons. The first-order valence-corrected chi connectivity index (χ1v) is 9.64. The third-order valence-corrected chi connectivity index (χ3v) is 4.78. The molecule has 1 unspecified atom stereocenters. The van der Waals surface area contributed by atoms with Gasteiger partial charge in [-0.1, -0.05) is 0 Å². The van der Waals surface area contributed by atoms with Crippen LogP contribution in [0.15, 0.2) is 12.3 Å². The lowest BCUT2D eigenvalue weighted by atomic mass is 9.49. The van der Waals surface area contributed by atoms with Crippen molar-refractivity contribution in [2.45, 2.75) is 43.7 Å². The van der Waals surface area contributed by atoms with Gasteiger partial charge in [-0.25, -0.2) is 4.98 Å². The molecule has 29 heavy (non-hydrogen) atoms. The van der Waals surface area contributed by atoms with E-state index in [1.54, 1.807) is 11.6 Å². The summed E-state index contributed by atoms with van der Waals surface area (Å²) >= 11 is 0. The van der Waals surface area contributed by atoms with Crippen LogP contribution in [0.25, 0.3) is 0 Å². The van der Waals surface area contributed by atoms with Crippen LogP contribution in [0.1, 0.15) is 37.9 Å². The lowest BCUT2D eigenvalue weighted by Crippen LogP contribution is -2.37. The Morgan fingerprint density at radius 1 is 1.31 bits per heavy atom. The van der Waals surface area contributed by atoms with Gasteiger partial charge >= 0.3 is 6.18 Å². The molecule has 1 atom stereocenters. The second kappa shape index (κ2) is 7.58. The van der Waals surface area contributed by atoms with E-state index in [4.69, 9.17) is 9.84 Å². The van der Waals surface area contributed by atoms with Gasteiger partial charge in [0.2, 0.25) is 5.95 Å². The summed E-state index contributed by atoms with van der Waals surface area (Å²) in [5.74, 6) is 0.389. The fraction of sp³-hybridized carbons (Fsp3) is 0.562. The quantitative estimate of drug-likeness (QED) is 0.676. The summed E-state index contributed by atoms with van der Waals surface area (Å²) in [5.41, 5.74) is -0.615. The van der Waals surface area contributed by atoms with Crippen molar-refractivity contribution in [3.05, 3.63) is 23.5 Å². The lowest BCUT2D eigenvalue weighted by Gasteiger charge is -2.24. The van der Waals surface area contributed by atoms with Crippen molar-refractivity contribution in [1.82, 2.24) is 19.7 Å². The minimum Gasteiger partial charge on any atom is -0.370 e. The zero-order valence-electron chi connectivity index (χ0n) is 17.3. The maximum atomic E-state index is 13.2. The van der Waals surface area contributed by atoms with E-state index in [1.807, 2.05) is 36.5 Å². The summed E-state index contributed by atoms with van der Waals surface area (Å²) in [6.07, 6.45) is -1.94. The van der Waals surface area contributed by atoms with E-state index in [2.05, 4.69) is 20.6 Å². The Balaban J connectivity index is 1.99. The van der Waals surface area contributed by atoms with Crippen molar-refractivity contribution in [3.63, 3.8) is 0 Å². The summed E-state index contributed by atoms with van der Waals surface area (Å²) in [6, 6.07) is 1.85. The molecule has 154 valence electrons. The highest BCUT2D eigenvalue weighted by atomic mass is 19.4. The molecule has 0 bridgehead atoms. The molecule has 0 aromatic carbocycles. The number of aromatic nitrogens is 4. The van der Waals surface area contributed by atoms with Crippen molar-refractivity contribution in [2.75, 3.05) is 23.8 Å². The summed E-state index contributed by atoms with van der Waals surface area (Å²) in [7, 11) is 5.97. The first kappa shape index (κ1) is 21.5. The van der Waals surface area contributed by atoms with Crippen LogP contribution >= 0.6 is 0 Å². The summed E-state index contributed by atoms with van der Waals surface area (Å²) in [6.45, 7) is 4.69. The van der Waals surface area contributed by atoms with E-state index >= 15 is 0 Å². The van der Waals surface area contributed by atoms with Crippen molar-refractivity contribution in [3.8, 4) is 0 Å². The number of nitrogens with one attached hydrogen (secondary N) is 2. The first-order valence-electron chi connectivity index (χ1n) is 9.64. The van der Waals surface area contributed by atoms with Gasteiger partial charge in [-0.3, -0.25) is 4.68 Å². The summed E-state index contributed by atoms with van der Waals surface area (Å²) in [4.78, 5) is 7.92. The van der Waals surface area contributed by atoms with E-state index in [0.29, 0.717) is 19.0 Å². The van der Waals surface area contributed by atoms with Gasteiger partial charge in [-0.15, -0.1) is 0 Å². The van der Waals surface area contributed by atoms with Gasteiger partial charge in [-0.05, 0) is 31.9 Å². The second-order valence-corrected chi connectivity index (χ2v) is 8.29. The highest BCUT2D eigenvalue weighted by molar-refractivity contribution is 6.56. The van der Waals surface area contributed by atoms with Crippen LogP contribution in [0.2, 0.25) is 0 Å².